The number of carbonyl (C=O) groups excluding carboxylic acids is 2. The average molecular weight is 536 g/mol. The molecule has 1 saturated heterocycles. The summed E-state index contributed by atoms with van der Waals surface area (Å²) in [4.78, 5) is 28.3. The van der Waals surface area contributed by atoms with E-state index in [1.54, 1.807) is 42.5 Å². The summed E-state index contributed by atoms with van der Waals surface area (Å²) >= 11 is 0. The lowest BCUT2D eigenvalue weighted by molar-refractivity contribution is -0.140. The first-order valence-corrected chi connectivity index (χ1v) is 12.8. The number of Topliss-reactive ketones (excluding diaryl/α,β-unsaturated/α-hetero) is 1. The number of hydrogen-bond donors (Lipinski definition) is 1. The normalized spacial score (nSPS) is 16.1. The van der Waals surface area contributed by atoms with E-state index in [4.69, 9.17) is 14.2 Å². The number of likely N-dealkylation sites (tertiary alicyclic amines) is 1. The lowest BCUT2D eigenvalue weighted by Gasteiger charge is -2.26. The molecule has 7 heteroatoms. The number of carbonyl (C=O) groups is 2. The van der Waals surface area contributed by atoms with Gasteiger partial charge in [-0.3, -0.25) is 9.59 Å². The Bertz CT molecular complexity index is 1550. The van der Waals surface area contributed by atoms with E-state index in [0.29, 0.717) is 35.0 Å². The summed E-state index contributed by atoms with van der Waals surface area (Å²) in [6.07, 6.45) is 0. The topological polar surface area (TPSA) is 85.3 Å². The van der Waals surface area contributed by atoms with Crippen molar-refractivity contribution in [1.82, 2.24) is 4.90 Å². The van der Waals surface area contributed by atoms with Crippen molar-refractivity contribution in [2.75, 3.05) is 14.2 Å². The molecule has 0 bridgehead atoms. The van der Waals surface area contributed by atoms with E-state index in [9.17, 15) is 14.7 Å². The largest absolute Gasteiger partial charge is 0.507 e. The van der Waals surface area contributed by atoms with Crippen molar-refractivity contribution in [3.8, 4) is 17.2 Å². The predicted molar refractivity (Wildman–Crippen MR) is 151 cm³/mol. The summed E-state index contributed by atoms with van der Waals surface area (Å²) in [5.74, 6) is -0.254. The fourth-order valence-electron chi connectivity index (χ4n) is 4.80. The molecule has 1 aliphatic rings. The molecule has 0 aromatic heterocycles. The molecule has 1 unspecified atom stereocenters. The van der Waals surface area contributed by atoms with Crippen LogP contribution in [0.15, 0.2) is 109 Å². The van der Waals surface area contributed by atoms with Gasteiger partial charge >= 0.3 is 0 Å². The Hall–Kier alpha value is -5.04. The molecule has 1 atom stereocenters. The van der Waals surface area contributed by atoms with E-state index >= 15 is 0 Å². The Morgan fingerprint density at radius 1 is 0.775 bits per heavy atom. The fraction of sp³-hybridized carbons (Fsp3) is 0.152. The van der Waals surface area contributed by atoms with Crippen LogP contribution in [0.2, 0.25) is 0 Å². The number of ether oxygens (including phenoxy) is 3. The zero-order valence-corrected chi connectivity index (χ0v) is 22.2. The first-order valence-electron chi connectivity index (χ1n) is 12.8. The number of rotatable bonds is 9. The number of ketones is 1. The Kier molecular flexibility index (Phi) is 7.82. The van der Waals surface area contributed by atoms with Crippen LogP contribution >= 0.6 is 0 Å². The van der Waals surface area contributed by atoms with Crippen molar-refractivity contribution in [2.45, 2.75) is 19.2 Å². The smallest absolute Gasteiger partial charge is 0.295 e. The van der Waals surface area contributed by atoms with Crippen molar-refractivity contribution < 1.29 is 28.9 Å². The first kappa shape index (κ1) is 26.6. The molecule has 0 spiro atoms. The van der Waals surface area contributed by atoms with Crippen LogP contribution in [-0.2, 0) is 22.7 Å². The number of aliphatic hydroxyl groups is 1. The van der Waals surface area contributed by atoms with Gasteiger partial charge in [-0.25, -0.2) is 0 Å². The molecule has 1 fully saturated rings. The molecule has 7 nitrogen and oxygen atoms in total. The van der Waals surface area contributed by atoms with Crippen molar-refractivity contribution >= 4 is 17.4 Å². The van der Waals surface area contributed by atoms with Crippen LogP contribution < -0.4 is 14.2 Å². The molecule has 40 heavy (non-hydrogen) atoms. The van der Waals surface area contributed by atoms with Crippen LogP contribution in [0, 0.1) is 0 Å². The summed E-state index contributed by atoms with van der Waals surface area (Å²) in [5.41, 5.74) is 2.82. The molecule has 1 amide bonds. The van der Waals surface area contributed by atoms with Crippen LogP contribution in [0.4, 0.5) is 0 Å². The third kappa shape index (κ3) is 5.40. The maximum absolute atomic E-state index is 13.4. The SMILES string of the molecule is COc1cccc(C(O)=C2C(=O)C(=O)N(Cc3ccccc3)C2c2ccc(OCc3ccccc3)c(OC)c2)c1. The molecule has 1 heterocycles. The van der Waals surface area contributed by atoms with Gasteiger partial charge in [0.25, 0.3) is 11.7 Å². The predicted octanol–water partition coefficient (Wildman–Crippen LogP) is 5.90. The molecule has 5 rings (SSSR count). The highest BCUT2D eigenvalue weighted by Crippen LogP contribution is 2.43. The molecule has 4 aromatic rings. The van der Waals surface area contributed by atoms with Crippen LogP contribution in [0.1, 0.15) is 28.3 Å². The van der Waals surface area contributed by atoms with E-state index in [0.717, 1.165) is 11.1 Å². The van der Waals surface area contributed by atoms with E-state index in [1.807, 2.05) is 60.7 Å². The molecule has 1 aliphatic heterocycles. The Balaban J connectivity index is 1.58. The van der Waals surface area contributed by atoms with Gasteiger partial charge in [0.2, 0.25) is 0 Å². The third-order valence-electron chi connectivity index (χ3n) is 6.82. The molecule has 202 valence electrons. The molecular formula is C33H29NO6. The Labute approximate surface area is 232 Å². The number of methoxy groups -OCH3 is 2. The van der Waals surface area contributed by atoms with Gasteiger partial charge in [0.05, 0.1) is 25.8 Å². The zero-order chi connectivity index (χ0) is 28.1. The maximum atomic E-state index is 13.4. The Morgan fingerprint density at radius 3 is 2.15 bits per heavy atom. The summed E-state index contributed by atoms with van der Waals surface area (Å²) in [6.45, 7) is 0.526. The minimum absolute atomic E-state index is 0.00538. The van der Waals surface area contributed by atoms with E-state index in [2.05, 4.69) is 0 Å². The maximum Gasteiger partial charge on any atom is 0.295 e. The number of aliphatic hydroxyl groups excluding tert-OH is 1. The number of nitrogens with zero attached hydrogens (tertiary/aromatic N) is 1. The van der Waals surface area contributed by atoms with E-state index < -0.39 is 17.7 Å². The summed E-state index contributed by atoms with van der Waals surface area (Å²) in [7, 11) is 3.05. The quantitative estimate of drug-likeness (QED) is 0.163. The highest BCUT2D eigenvalue weighted by Gasteiger charge is 2.46. The van der Waals surface area contributed by atoms with Gasteiger partial charge in [0.15, 0.2) is 11.5 Å². The first-order chi connectivity index (χ1) is 19.5. The van der Waals surface area contributed by atoms with E-state index in [-0.39, 0.29) is 17.9 Å². The zero-order valence-electron chi connectivity index (χ0n) is 22.2. The molecule has 0 saturated carbocycles. The van der Waals surface area contributed by atoms with Crippen molar-refractivity contribution in [3.63, 3.8) is 0 Å². The summed E-state index contributed by atoms with van der Waals surface area (Å²) in [5, 5.41) is 11.4. The molecule has 1 N–H and O–H groups in total. The monoisotopic (exact) mass is 535 g/mol. The van der Waals surface area contributed by atoms with Crippen molar-refractivity contribution in [2.24, 2.45) is 0 Å². The average Bonchev–Trinajstić information content (AvgIpc) is 3.25. The summed E-state index contributed by atoms with van der Waals surface area (Å²) < 4.78 is 17.0. The minimum Gasteiger partial charge on any atom is -0.507 e. The van der Waals surface area contributed by atoms with Crippen LogP contribution in [0.25, 0.3) is 5.76 Å². The number of benzene rings is 4. The molecule has 0 aliphatic carbocycles. The fourth-order valence-corrected chi connectivity index (χ4v) is 4.80. The van der Waals surface area contributed by atoms with Crippen LogP contribution in [-0.4, -0.2) is 35.9 Å². The number of amides is 1. The van der Waals surface area contributed by atoms with Crippen LogP contribution in [0.3, 0.4) is 0 Å². The van der Waals surface area contributed by atoms with Gasteiger partial charge in [-0.05, 0) is 41.0 Å². The molecule has 0 radical (unpaired) electrons. The lowest BCUT2D eigenvalue weighted by atomic mass is 9.94. The minimum atomic E-state index is -0.858. The second kappa shape index (κ2) is 11.8. The van der Waals surface area contributed by atoms with Gasteiger partial charge in [0.1, 0.15) is 18.1 Å². The van der Waals surface area contributed by atoms with Gasteiger partial charge in [-0.1, -0.05) is 78.9 Å². The van der Waals surface area contributed by atoms with Gasteiger partial charge in [-0.15, -0.1) is 0 Å². The lowest BCUT2D eigenvalue weighted by Crippen LogP contribution is -2.29. The standard InChI is InChI=1S/C33H29NO6/c1-38-26-15-9-14-25(18-26)31(35)29-30(34(33(37)32(29)36)20-22-10-5-3-6-11-22)24-16-17-27(28(19-24)39-2)40-21-23-12-7-4-8-13-23/h3-19,30,35H,20-21H2,1-2H3. The highest BCUT2D eigenvalue weighted by atomic mass is 16.5. The second-order valence-electron chi connectivity index (χ2n) is 9.33. The van der Waals surface area contributed by atoms with Crippen molar-refractivity contribution in [3.05, 3.63) is 131 Å². The summed E-state index contributed by atoms with van der Waals surface area (Å²) in [6, 6.07) is 30.3. The second-order valence-corrected chi connectivity index (χ2v) is 9.33. The number of hydrogen-bond acceptors (Lipinski definition) is 6. The van der Waals surface area contributed by atoms with Crippen LogP contribution in [0.5, 0.6) is 17.2 Å². The van der Waals surface area contributed by atoms with Gasteiger partial charge in [-0.2, -0.15) is 0 Å². The third-order valence-corrected chi connectivity index (χ3v) is 6.82. The van der Waals surface area contributed by atoms with E-state index in [1.165, 1.54) is 19.1 Å². The van der Waals surface area contributed by atoms with Gasteiger partial charge in [0, 0.05) is 12.1 Å². The van der Waals surface area contributed by atoms with Crippen molar-refractivity contribution in [1.29, 1.82) is 0 Å². The highest BCUT2D eigenvalue weighted by molar-refractivity contribution is 6.46. The molecular weight excluding hydrogens is 506 g/mol. The molecule has 4 aromatic carbocycles. The Morgan fingerprint density at radius 2 is 1.48 bits per heavy atom. The van der Waals surface area contributed by atoms with Gasteiger partial charge < -0.3 is 24.2 Å².